The molecule has 0 N–H and O–H groups in total. The Morgan fingerprint density at radius 2 is 1.62 bits per heavy atom. The highest BCUT2D eigenvalue weighted by atomic mass is 16.2. The quantitative estimate of drug-likeness (QED) is 0.671. The van der Waals surface area contributed by atoms with Gasteiger partial charge in [-0.25, -0.2) is 0 Å². The van der Waals surface area contributed by atoms with E-state index >= 15 is 0 Å². The Hall–Kier alpha value is -0.570. The van der Waals surface area contributed by atoms with Gasteiger partial charge in [0, 0.05) is 26.1 Å². The van der Waals surface area contributed by atoms with E-state index in [1.807, 2.05) is 39.8 Å². The number of hydrogen-bond acceptors (Lipinski definition) is 2. The van der Waals surface area contributed by atoms with Crippen molar-refractivity contribution in [2.24, 2.45) is 0 Å². The van der Waals surface area contributed by atoms with Crippen LogP contribution in [0.2, 0.25) is 0 Å². The van der Waals surface area contributed by atoms with Crippen LogP contribution in [0, 0.1) is 0 Å². The molecule has 1 amide bonds. The Bertz CT molecular complexity index is 158. The second kappa shape index (κ2) is 12.5. The molecule has 0 aromatic carbocycles. The molecule has 98 valence electrons. The number of likely N-dealkylation sites (N-methyl/N-ethyl adjacent to an activating group) is 2. The first kappa shape index (κ1) is 17.8. The van der Waals surface area contributed by atoms with Crippen LogP contribution in [0.25, 0.3) is 0 Å². The van der Waals surface area contributed by atoms with Gasteiger partial charge >= 0.3 is 0 Å². The summed E-state index contributed by atoms with van der Waals surface area (Å²) in [6, 6.07) is 0. The number of hydrogen-bond donors (Lipinski definition) is 0. The number of nitrogens with zero attached hydrogens (tertiary/aromatic N) is 2. The molecule has 0 heterocycles. The number of carbonyl (C=O) groups is 1. The average molecular weight is 230 g/mol. The molecule has 0 fully saturated rings. The van der Waals surface area contributed by atoms with Gasteiger partial charge in [0.1, 0.15) is 0 Å². The van der Waals surface area contributed by atoms with Gasteiger partial charge in [0.15, 0.2) is 0 Å². The minimum Gasteiger partial charge on any atom is -0.342 e. The summed E-state index contributed by atoms with van der Waals surface area (Å²) in [5, 5.41) is 0. The predicted molar refractivity (Wildman–Crippen MR) is 71.7 cm³/mol. The van der Waals surface area contributed by atoms with E-state index in [2.05, 4.69) is 11.8 Å². The lowest BCUT2D eigenvalue weighted by molar-refractivity contribution is -0.131. The molecular formula is C13H30N2O. The molecule has 0 bridgehead atoms. The first-order valence-electron chi connectivity index (χ1n) is 6.54. The van der Waals surface area contributed by atoms with Crippen molar-refractivity contribution in [3.8, 4) is 0 Å². The van der Waals surface area contributed by atoms with Crippen LogP contribution in [0.4, 0.5) is 0 Å². The highest BCUT2D eigenvalue weighted by Crippen LogP contribution is 2.00. The maximum atomic E-state index is 11.7. The minimum absolute atomic E-state index is 0.302. The maximum Gasteiger partial charge on any atom is 0.222 e. The summed E-state index contributed by atoms with van der Waals surface area (Å²) in [6.45, 7) is 10.8. The SMILES string of the molecule is CC.CCCCC(=O)N(CC)CCN(C)C. The molecule has 0 atom stereocenters. The van der Waals surface area contributed by atoms with Gasteiger partial charge in [-0.1, -0.05) is 27.2 Å². The summed E-state index contributed by atoms with van der Waals surface area (Å²) < 4.78 is 0. The van der Waals surface area contributed by atoms with Crippen molar-refractivity contribution < 1.29 is 4.79 Å². The van der Waals surface area contributed by atoms with Gasteiger partial charge in [0.25, 0.3) is 0 Å². The minimum atomic E-state index is 0.302. The maximum absolute atomic E-state index is 11.7. The second-order valence-electron chi connectivity index (χ2n) is 3.88. The Labute approximate surface area is 102 Å². The normalized spacial score (nSPS) is 9.69. The fourth-order valence-corrected chi connectivity index (χ4v) is 1.27. The number of rotatable bonds is 7. The zero-order valence-corrected chi connectivity index (χ0v) is 12.0. The van der Waals surface area contributed by atoms with Crippen LogP contribution >= 0.6 is 0 Å². The van der Waals surface area contributed by atoms with Crippen molar-refractivity contribution in [3.63, 3.8) is 0 Å². The van der Waals surface area contributed by atoms with Crippen LogP contribution in [-0.4, -0.2) is 49.4 Å². The van der Waals surface area contributed by atoms with E-state index in [0.29, 0.717) is 12.3 Å². The summed E-state index contributed by atoms with van der Waals surface area (Å²) in [5.74, 6) is 0.302. The lowest BCUT2D eigenvalue weighted by Gasteiger charge is -2.22. The van der Waals surface area contributed by atoms with E-state index < -0.39 is 0 Å². The summed E-state index contributed by atoms with van der Waals surface area (Å²) in [6.07, 6.45) is 2.81. The smallest absolute Gasteiger partial charge is 0.222 e. The number of carbonyl (C=O) groups excluding carboxylic acids is 1. The summed E-state index contributed by atoms with van der Waals surface area (Å²) >= 11 is 0. The van der Waals surface area contributed by atoms with Crippen LogP contribution in [0.15, 0.2) is 0 Å². The van der Waals surface area contributed by atoms with E-state index in [0.717, 1.165) is 32.5 Å². The molecule has 0 aliphatic rings. The Morgan fingerprint density at radius 1 is 1.06 bits per heavy atom. The molecule has 0 saturated heterocycles. The third-order valence-corrected chi connectivity index (χ3v) is 2.30. The third-order valence-electron chi connectivity index (χ3n) is 2.30. The molecule has 0 radical (unpaired) electrons. The van der Waals surface area contributed by atoms with Crippen LogP contribution in [-0.2, 0) is 4.79 Å². The molecule has 3 heteroatoms. The summed E-state index contributed by atoms with van der Waals surface area (Å²) in [7, 11) is 4.06. The lowest BCUT2D eigenvalue weighted by Crippen LogP contribution is -2.36. The van der Waals surface area contributed by atoms with Gasteiger partial charge in [-0.05, 0) is 27.4 Å². The molecule has 0 aliphatic carbocycles. The topological polar surface area (TPSA) is 23.6 Å². The predicted octanol–water partition coefficient (Wildman–Crippen LogP) is 2.61. The average Bonchev–Trinajstić information content (AvgIpc) is 2.29. The Kier molecular flexibility index (Phi) is 13.9. The molecule has 0 rings (SSSR count). The molecule has 0 saturated carbocycles. The van der Waals surface area contributed by atoms with Gasteiger partial charge in [-0.15, -0.1) is 0 Å². The molecule has 3 nitrogen and oxygen atoms in total. The van der Waals surface area contributed by atoms with Gasteiger partial charge < -0.3 is 9.80 Å². The number of amides is 1. The van der Waals surface area contributed by atoms with Gasteiger partial charge in [0.05, 0.1) is 0 Å². The third kappa shape index (κ3) is 9.97. The molecular weight excluding hydrogens is 200 g/mol. The van der Waals surface area contributed by atoms with E-state index in [4.69, 9.17) is 0 Å². The van der Waals surface area contributed by atoms with Crippen molar-refractivity contribution in [3.05, 3.63) is 0 Å². The van der Waals surface area contributed by atoms with Crippen LogP contribution < -0.4 is 0 Å². The van der Waals surface area contributed by atoms with E-state index in [-0.39, 0.29) is 0 Å². The van der Waals surface area contributed by atoms with Crippen molar-refractivity contribution in [1.82, 2.24) is 9.80 Å². The monoisotopic (exact) mass is 230 g/mol. The van der Waals surface area contributed by atoms with E-state index in [1.165, 1.54) is 0 Å². The molecule has 0 spiro atoms. The molecule has 0 aliphatic heterocycles. The summed E-state index contributed by atoms with van der Waals surface area (Å²) in [4.78, 5) is 15.7. The number of unbranched alkanes of at least 4 members (excludes halogenated alkanes) is 1. The summed E-state index contributed by atoms with van der Waals surface area (Å²) in [5.41, 5.74) is 0. The molecule has 0 aromatic rings. The van der Waals surface area contributed by atoms with Crippen molar-refractivity contribution in [1.29, 1.82) is 0 Å². The largest absolute Gasteiger partial charge is 0.342 e. The van der Waals surface area contributed by atoms with Crippen LogP contribution in [0.1, 0.15) is 47.0 Å². The van der Waals surface area contributed by atoms with Gasteiger partial charge in [0.2, 0.25) is 5.91 Å². The highest BCUT2D eigenvalue weighted by molar-refractivity contribution is 5.76. The molecule has 0 unspecified atom stereocenters. The van der Waals surface area contributed by atoms with Crippen molar-refractivity contribution in [2.45, 2.75) is 47.0 Å². The van der Waals surface area contributed by atoms with Gasteiger partial charge in [-0.3, -0.25) is 4.79 Å². The van der Waals surface area contributed by atoms with E-state index in [9.17, 15) is 4.79 Å². The van der Waals surface area contributed by atoms with Gasteiger partial charge in [-0.2, -0.15) is 0 Å². The van der Waals surface area contributed by atoms with Crippen molar-refractivity contribution in [2.75, 3.05) is 33.7 Å². The molecule has 0 aromatic heterocycles. The van der Waals surface area contributed by atoms with E-state index in [1.54, 1.807) is 0 Å². The molecule has 16 heavy (non-hydrogen) atoms. The zero-order chi connectivity index (χ0) is 13.0. The van der Waals surface area contributed by atoms with Crippen LogP contribution in [0.5, 0.6) is 0 Å². The zero-order valence-electron chi connectivity index (χ0n) is 12.0. The van der Waals surface area contributed by atoms with Crippen molar-refractivity contribution >= 4 is 5.91 Å². The fraction of sp³-hybridized carbons (Fsp3) is 0.923. The Balaban J connectivity index is 0. The Morgan fingerprint density at radius 3 is 2.00 bits per heavy atom. The first-order chi connectivity index (χ1) is 7.61. The fourth-order valence-electron chi connectivity index (χ4n) is 1.27. The standard InChI is InChI=1S/C11H24N2O.C2H6/c1-5-7-8-11(14)13(6-2)10-9-12(3)4;1-2/h5-10H2,1-4H3;1-2H3. The second-order valence-corrected chi connectivity index (χ2v) is 3.88. The lowest BCUT2D eigenvalue weighted by atomic mass is 10.2. The highest BCUT2D eigenvalue weighted by Gasteiger charge is 2.10. The van der Waals surface area contributed by atoms with Crippen LogP contribution in [0.3, 0.4) is 0 Å². The first-order valence-corrected chi connectivity index (χ1v) is 6.54.